The van der Waals surface area contributed by atoms with E-state index in [1.54, 1.807) is 4.90 Å². The standard InChI is InChI=1S/C29H35N3O3/c1-3-32(30-26(20-29(34)35)19-23-13-7-4-8-14-23)27(25-17-11-6-12-18-25)21-28(33)31(2)22-24-15-9-5-10-16-24/h4-18,26-27,30H,3,19-22H2,1-2H3,(H,34,35)/t26-,27-/m0/s1. The summed E-state index contributed by atoms with van der Waals surface area (Å²) < 4.78 is 0. The zero-order valence-corrected chi connectivity index (χ0v) is 20.5. The molecule has 35 heavy (non-hydrogen) atoms. The number of carbonyl (C=O) groups is 2. The van der Waals surface area contributed by atoms with E-state index >= 15 is 0 Å². The Balaban J connectivity index is 1.79. The summed E-state index contributed by atoms with van der Waals surface area (Å²) in [6.07, 6.45) is 0.834. The van der Waals surface area contributed by atoms with Crippen LogP contribution in [-0.4, -0.2) is 46.5 Å². The highest BCUT2D eigenvalue weighted by atomic mass is 16.4. The second-order valence-corrected chi connectivity index (χ2v) is 8.77. The van der Waals surface area contributed by atoms with Crippen molar-refractivity contribution >= 4 is 11.9 Å². The first kappa shape index (κ1) is 26.1. The minimum atomic E-state index is -0.857. The van der Waals surface area contributed by atoms with Crippen LogP contribution in [0, 0.1) is 0 Å². The summed E-state index contributed by atoms with van der Waals surface area (Å²) in [6.45, 7) is 3.16. The molecule has 1 amide bonds. The summed E-state index contributed by atoms with van der Waals surface area (Å²) in [4.78, 5) is 26.7. The Bertz CT molecular complexity index is 1040. The normalized spacial score (nSPS) is 12.8. The topological polar surface area (TPSA) is 72.9 Å². The molecule has 3 aromatic carbocycles. The van der Waals surface area contributed by atoms with E-state index in [0.717, 1.165) is 16.7 Å². The fourth-order valence-corrected chi connectivity index (χ4v) is 4.26. The van der Waals surface area contributed by atoms with Crippen molar-refractivity contribution in [2.45, 2.75) is 44.8 Å². The van der Waals surface area contributed by atoms with E-state index in [1.165, 1.54) is 0 Å². The third-order valence-corrected chi connectivity index (χ3v) is 6.05. The van der Waals surface area contributed by atoms with Gasteiger partial charge in [-0.05, 0) is 23.1 Å². The predicted octanol–water partition coefficient (Wildman–Crippen LogP) is 4.69. The highest BCUT2D eigenvalue weighted by Crippen LogP contribution is 2.25. The van der Waals surface area contributed by atoms with Gasteiger partial charge in [-0.15, -0.1) is 0 Å². The maximum Gasteiger partial charge on any atom is 0.304 e. The SMILES string of the molecule is CCN(N[C@H](CC(=O)O)Cc1ccccc1)[C@@H](CC(=O)N(C)Cc1ccccc1)c1ccccc1. The molecule has 0 aliphatic carbocycles. The molecule has 0 fully saturated rings. The minimum absolute atomic E-state index is 0.0191. The van der Waals surface area contributed by atoms with Crippen LogP contribution in [0.2, 0.25) is 0 Å². The maximum atomic E-state index is 13.3. The maximum absolute atomic E-state index is 13.3. The van der Waals surface area contributed by atoms with Crippen molar-refractivity contribution in [1.29, 1.82) is 0 Å². The molecular formula is C29H35N3O3. The number of amides is 1. The van der Waals surface area contributed by atoms with Gasteiger partial charge >= 0.3 is 5.97 Å². The van der Waals surface area contributed by atoms with Gasteiger partial charge in [0.05, 0.1) is 12.5 Å². The molecule has 6 nitrogen and oxygen atoms in total. The monoisotopic (exact) mass is 473 g/mol. The lowest BCUT2D eigenvalue weighted by atomic mass is 10.0. The van der Waals surface area contributed by atoms with Crippen LogP contribution in [0.15, 0.2) is 91.0 Å². The average molecular weight is 474 g/mol. The molecule has 0 bridgehead atoms. The quantitative estimate of drug-likeness (QED) is 0.353. The lowest BCUT2D eigenvalue weighted by Gasteiger charge is -2.35. The molecule has 3 aromatic rings. The molecule has 0 unspecified atom stereocenters. The summed E-state index contributed by atoms with van der Waals surface area (Å²) in [5.41, 5.74) is 6.61. The number of hydrogen-bond acceptors (Lipinski definition) is 4. The smallest absolute Gasteiger partial charge is 0.304 e. The van der Waals surface area contributed by atoms with Crippen molar-refractivity contribution in [2.24, 2.45) is 0 Å². The highest BCUT2D eigenvalue weighted by Gasteiger charge is 2.27. The third-order valence-electron chi connectivity index (χ3n) is 6.05. The zero-order chi connectivity index (χ0) is 25.0. The van der Waals surface area contributed by atoms with Crippen LogP contribution in [0.3, 0.4) is 0 Å². The Morgan fingerprint density at radius 2 is 1.37 bits per heavy atom. The molecule has 3 rings (SSSR count). The summed E-state index contributed by atoms with van der Waals surface area (Å²) in [6, 6.07) is 29.2. The number of carboxylic acids is 1. The summed E-state index contributed by atoms with van der Waals surface area (Å²) in [5, 5.41) is 11.6. The Morgan fingerprint density at radius 1 is 0.829 bits per heavy atom. The van der Waals surface area contributed by atoms with Crippen molar-refractivity contribution in [3.8, 4) is 0 Å². The number of nitrogens with zero attached hydrogens (tertiary/aromatic N) is 2. The van der Waals surface area contributed by atoms with Gasteiger partial charge in [0.1, 0.15) is 0 Å². The fourth-order valence-electron chi connectivity index (χ4n) is 4.26. The van der Waals surface area contributed by atoms with Gasteiger partial charge in [0.25, 0.3) is 0 Å². The van der Waals surface area contributed by atoms with Gasteiger partial charge in [0.15, 0.2) is 0 Å². The van der Waals surface area contributed by atoms with Gasteiger partial charge in [-0.25, -0.2) is 5.01 Å². The molecule has 0 saturated carbocycles. The van der Waals surface area contributed by atoms with Gasteiger partial charge in [-0.2, -0.15) is 0 Å². The van der Waals surface area contributed by atoms with Crippen molar-refractivity contribution in [3.05, 3.63) is 108 Å². The number of nitrogens with one attached hydrogen (secondary N) is 1. The van der Waals surface area contributed by atoms with E-state index in [1.807, 2.05) is 110 Å². The summed E-state index contributed by atoms with van der Waals surface area (Å²) in [5.74, 6) is -0.829. The van der Waals surface area contributed by atoms with Crippen molar-refractivity contribution < 1.29 is 14.7 Å². The number of carbonyl (C=O) groups excluding carboxylic acids is 1. The fraction of sp³-hybridized carbons (Fsp3) is 0.310. The number of aliphatic carboxylic acids is 1. The molecule has 6 heteroatoms. The van der Waals surface area contributed by atoms with Crippen LogP contribution in [0.25, 0.3) is 0 Å². The first-order valence-electron chi connectivity index (χ1n) is 12.1. The molecule has 0 aliphatic rings. The second kappa shape index (κ2) is 13.4. The Kier molecular flexibility index (Phi) is 10.0. The van der Waals surface area contributed by atoms with Crippen LogP contribution in [0.4, 0.5) is 0 Å². The van der Waals surface area contributed by atoms with E-state index in [9.17, 15) is 14.7 Å². The summed E-state index contributed by atoms with van der Waals surface area (Å²) in [7, 11) is 1.82. The van der Waals surface area contributed by atoms with Gasteiger partial charge in [0.2, 0.25) is 5.91 Å². The molecule has 2 atom stereocenters. The van der Waals surface area contributed by atoms with Crippen LogP contribution in [-0.2, 0) is 22.6 Å². The van der Waals surface area contributed by atoms with E-state index in [-0.39, 0.29) is 30.8 Å². The van der Waals surface area contributed by atoms with E-state index in [2.05, 4.69) is 5.43 Å². The lowest BCUT2D eigenvalue weighted by Crippen LogP contribution is -2.49. The Hall–Kier alpha value is -3.48. The number of hydrazine groups is 1. The molecule has 0 radical (unpaired) electrons. The third kappa shape index (κ3) is 8.35. The molecule has 184 valence electrons. The largest absolute Gasteiger partial charge is 0.481 e. The predicted molar refractivity (Wildman–Crippen MR) is 138 cm³/mol. The van der Waals surface area contributed by atoms with E-state index in [4.69, 9.17) is 0 Å². The number of carboxylic acid groups (broad SMARTS) is 1. The Labute approximate surface area is 208 Å². The molecule has 0 spiro atoms. The van der Waals surface area contributed by atoms with Gasteiger partial charge in [-0.1, -0.05) is 97.9 Å². The zero-order valence-electron chi connectivity index (χ0n) is 20.5. The minimum Gasteiger partial charge on any atom is -0.481 e. The van der Waals surface area contributed by atoms with E-state index < -0.39 is 5.97 Å². The second-order valence-electron chi connectivity index (χ2n) is 8.77. The molecular weight excluding hydrogens is 438 g/mol. The van der Waals surface area contributed by atoms with Crippen LogP contribution < -0.4 is 5.43 Å². The van der Waals surface area contributed by atoms with Crippen molar-refractivity contribution in [3.63, 3.8) is 0 Å². The lowest BCUT2D eigenvalue weighted by molar-refractivity contribution is -0.138. The van der Waals surface area contributed by atoms with E-state index in [0.29, 0.717) is 19.5 Å². The first-order valence-corrected chi connectivity index (χ1v) is 12.1. The van der Waals surface area contributed by atoms with Crippen molar-refractivity contribution in [2.75, 3.05) is 13.6 Å². The van der Waals surface area contributed by atoms with Crippen LogP contribution in [0.5, 0.6) is 0 Å². The number of rotatable bonds is 13. The van der Waals surface area contributed by atoms with Crippen LogP contribution >= 0.6 is 0 Å². The molecule has 0 heterocycles. The first-order chi connectivity index (χ1) is 17.0. The van der Waals surface area contributed by atoms with Gasteiger partial charge in [-0.3, -0.25) is 15.0 Å². The molecule has 0 aromatic heterocycles. The average Bonchev–Trinajstić information content (AvgIpc) is 2.87. The van der Waals surface area contributed by atoms with Crippen molar-refractivity contribution in [1.82, 2.24) is 15.3 Å². The van der Waals surface area contributed by atoms with Gasteiger partial charge < -0.3 is 10.0 Å². The van der Waals surface area contributed by atoms with Crippen LogP contribution in [0.1, 0.15) is 42.5 Å². The summed E-state index contributed by atoms with van der Waals surface area (Å²) >= 11 is 0. The number of hydrogen-bond donors (Lipinski definition) is 2. The Morgan fingerprint density at radius 3 is 1.91 bits per heavy atom. The highest BCUT2D eigenvalue weighted by molar-refractivity contribution is 5.76. The molecule has 0 aliphatic heterocycles. The molecule has 2 N–H and O–H groups in total. The number of benzene rings is 3. The van der Waals surface area contributed by atoms with Gasteiger partial charge in [0, 0.05) is 32.6 Å². The molecule has 0 saturated heterocycles.